The maximum absolute atomic E-state index is 11.8. The maximum atomic E-state index is 11.8. The van der Waals surface area contributed by atoms with Crippen LogP contribution in [0.4, 0.5) is 10.5 Å². The Morgan fingerprint density at radius 1 is 1.22 bits per heavy atom. The molecule has 1 amide bonds. The molecule has 3 unspecified atom stereocenters. The first-order valence-corrected chi connectivity index (χ1v) is 8.81. The average Bonchev–Trinajstić information content (AvgIpc) is 3.15. The third kappa shape index (κ3) is 4.12. The summed E-state index contributed by atoms with van der Waals surface area (Å²) in [6.45, 7) is 0.434. The molecule has 0 heterocycles. The zero-order valence-electron chi connectivity index (χ0n) is 12.6. The Morgan fingerprint density at radius 3 is 2.39 bits per heavy atom. The number of rotatable bonds is 4. The zero-order valence-corrected chi connectivity index (χ0v) is 13.4. The highest BCUT2D eigenvalue weighted by Crippen LogP contribution is 2.52. The van der Waals surface area contributed by atoms with E-state index in [2.05, 4.69) is 17.2 Å². The van der Waals surface area contributed by atoms with Crippen molar-refractivity contribution in [2.45, 2.75) is 30.6 Å². The van der Waals surface area contributed by atoms with Gasteiger partial charge in [0.05, 0.1) is 6.61 Å². The Kier molecular flexibility index (Phi) is 4.99. The van der Waals surface area contributed by atoms with E-state index in [1.54, 1.807) is 0 Å². The molecule has 0 aromatic heterocycles. The molecule has 1 fully saturated rings. The number of amides is 1. The standard InChI is InChI=1S/C17H19NO4S/c19-17(18-12-7-9-13(10-8-12)23(20)21)22-11-16-14-5-3-1-2-4-6-15(14)16/h7-10,14-16H,3-6,11H2,(H,18,19)(H,20,21)/p-1. The van der Waals surface area contributed by atoms with Gasteiger partial charge in [-0.05, 0) is 65.9 Å². The fraction of sp³-hybridized carbons (Fsp3) is 0.471. The number of benzene rings is 1. The molecule has 2 aliphatic rings. The highest BCUT2D eigenvalue weighted by atomic mass is 32.2. The summed E-state index contributed by atoms with van der Waals surface area (Å²) in [5.74, 6) is 8.06. The van der Waals surface area contributed by atoms with E-state index in [-0.39, 0.29) is 4.90 Å². The average molecular weight is 332 g/mol. The van der Waals surface area contributed by atoms with E-state index in [1.165, 1.54) is 24.3 Å². The number of carbonyl (C=O) groups excluding carboxylic acids is 1. The van der Waals surface area contributed by atoms with Crippen LogP contribution in [-0.2, 0) is 15.8 Å². The van der Waals surface area contributed by atoms with Gasteiger partial charge in [-0.3, -0.25) is 9.53 Å². The van der Waals surface area contributed by atoms with E-state index in [0.717, 1.165) is 25.7 Å². The van der Waals surface area contributed by atoms with Crippen LogP contribution in [0.3, 0.4) is 0 Å². The fourth-order valence-corrected chi connectivity index (χ4v) is 3.62. The summed E-state index contributed by atoms with van der Waals surface area (Å²) >= 11 is -2.26. The highest BCUT2D eigenvalue weighted by molar-refractivity contribution is 7.79. The predicted octanol–water partition coefficient (Wildman–Crippen LogP) is 2.91. The summed E-state index contributed by atoms with van der Waals surface area (Å²) in [6.07, 6.45) is 3.58. The van der Waals surface area contributed by atoms with E-state index < -0.39 is 17.2 Å². The molecule has 3 rings (SSSR count). The number of carbonyl (C=O) groups is 1. The van der Waals surface area contributed by atoms with Gasteiger partial charge in [-0.1, -0.05) is 0 Å². The summed E-state index contributed by atoms with van der Waals surface area (Å²) in [4.78, 5) is 12.0. The van der Waals surface area contributed by atoms with Gasteiger partial charge in [0, 0.05) is 23.4 Å². The van der Waals surface area contributed by atoms with Crippen molar-refractivity contribution in [3.05, 3.63) is 24.3 Å². The van der Waals surface area contributed by atoms with Gasteiger partial charge in [0.2, 0.25) is 0 Å². The topological polar surface area (TPSA) is 78.5 Å². The Bertz CT molecular complexity index is 643. The third-order valence-corrected chi connectivity index (χ3v) is 5.20. The van der Waals surface area contributed by atoms with Gasteiger partial charge in [-0.15, -0.1) is 11.8 Å². The van der Waals surface area contributed by atoms with Crippen LogP contribution in [0.1, 0.15) is 25.7 Å². The molecule has 1 aromatic carbocycles. The molecule has 23 heavy (non-hydrogen) atoms. The van der Waals surface area contributed by atoms with Gasteiger partial charge >= 0.3 is 6.09 Å². The van der Waals surface area contributed by atoms with Crippen LogP contribution in [0.2, 0.25) is 0 Å². The summed E-state index contributed by atoms with van der Waals surface area (Å²) in [5.41, 5.74) is 0.513. The molecular formula is C17H18NO4S-. The second-order valence-corrected chi connectivity index (χ2v) is 6.85. The van der Waals surface area contributed by atoms with Crippen molar-refractivity contribution in [2.75, 3.05) is 11.9 Å². The monoisotopic (exact) mass is 332 g/mol. The lowest BCUT2D eigenvalue weighted by Gasteiger charge is -2.09. The largest absolute Gasteiger partial charge is 0.768 e. The van der Waals surface area contributed by atoms with Crippen LogP contribution in [0.25, 0.3) is 0 Å². The van der Waals surface area contributed by atoms with Gasteiger partial charge < -0.3 is 9.29 Å². The highest BCUT2D eigenvalue weighted by Gasteiger charge is 2.49. The first-order chi connectivity index (χ1) is 11.1. The first-order valence-electron chi connectivity index (χ1n) is 7.74. The summed E-state index contributed by atoms with van der Waals surface area (Å²) in [6, 6.07) is 5.94. The Morgan fingerprint density at radius 2 is 1.83 bits per heavy atom. The van der Waals surface area contributed by atoms with Crippen LogP contribution in [-0.4, -0.2) is 21.5 Å². The molecule has 1 N–H and O–H groups in total. The van der Waals surface area contributed by atoms with E-state index in [0.29, 0.717) is 30.0 Å². The van der Waals surface area contributed by atoms with Crippen molar-refractivity contribution in [3.8, 4) is 11.8 Å². The van der Waals surface area contributed by atoms with Crippen LogP contribution in [0, 0.1) is 29.6 Å². The molecule has 2 aliphatic carbocycles. The van der Waals surface area contributed by atoms with Crippen molar-refractivity contribution in [1.82, 2.24) is 0 Å². The van der Waals surface area contributed by atoms with Crippen molar-refractivity contribution in [1.29, 1.82) is 0 Å². The van der Waals surface area contributed by atoms with Crippen LogP contribution in [0.15, 0.2) is 29.2 Å². The van der Waals surface area contributed by atoms with Gasteiger partial charge in [0.1, 0.15) is 0 Å². The second kappa shape index (κ2) is 7.16. The molecule has 0 saturated heterocycles. The lowest BCUT2D eigenvalue weighted by molar-refractivity contribution is 0.152. The summed E-state index contributed by atoms with van der Waals surface area (Å²) < 4.78 is 26.8. The molecule has 0 bridgehead atoms. The van der Waals surface area contributed by atoms with Crippen molar-refractivity contribution in [3.63, 3.8) is 0 Å². The Labute approximate surface area is 138 Å². The molecule has 0 spiro atoms. The van der Waals surface area contributed by atoms with Crippen LogP contribution < -0.4 is 5.32 Å². The molecule has 5 nitrogen and oxygen atoms in total. The SMILES string of the molecule is O=C(Nc1ccc(S(=O)[O-])cc1)OCC1C2CCC#CCCC21. The quantitative estimate of drug-likeness (QED) is 0.679. The second-order valence-electron chi connectivity index (χ2n) is 5.91. The van der Waals surface area contributed by atoms with Crippen molar-refractivity contribution < 1.29 is 18.3 Å². The molecule has 6 heteroatoms. The number of hydrogen-bond donors (Lipinski definition) is 1. The fourth-order valence-electron chi connectivity index (χ4n) is 3.26. The van der Waals surface area contributed by atoms with Gasteiger partial charge in [-0.25, -0.2) is 4.79 Å². The van der Waals surface area contributed by atoms with Crippen LogP contribution >= 0.6 is 0 Å². The summed E-state index contributed by atoms with van der Waals surface area (Å²) in [7, 11) is 0. The maximum Gasteiger partial charge on any atom is 0.411 e. The number of anilines is 1. The molecule has 0 radical (unpaired) electrons. The molecule has 1 saturated carbocycles. The minimum Gasteiger partial charge on any atom is -0.768 e. The Balaban J connectivity index is 1.44. The van der Waals surface area contributed by atoms with Crippen molar-refractivity contribution in [2.24, 2.45) is 17.8 Å². The number of ether oxygens (including phenoxy) is 1. The first kappa shape index (κ1) is 16.0. The smallest absolute Gasteiger partial charge is 0.411 e. The van der Waals surface area contributed by atoms with Gasteiger partial charge in [0.25, 0.3) is 0 Å². The van der Waals surface area contributed by atoms with Crippen molar-refractivity contribution >= 4 is 22.9 Å². The van der Waals surface area contributed by atoms with Crippen LogP contribution in [0.5, 0.6) is 0 Å². The lowest BCUT2D eigenvalue weighted by atomic mass is 10.1. The molecule has 122 valence electrons. The number of nitrogens with one attached hydrogen (secondary N) is 1. The number of hydrogen-bond acceptors (Lipinski definition) is 4. The molecule has 0 aliphatic heterocycles. The molecule has 1 aromatic rings. The van der Waals surface area contributed by atoms with E-state index in [1.807, 2.05) is 0 Å². The van der Waals surface area contributed by atoms with E-state index in [4.69, 9.17) is 4.74 Å². The molecule has 3 atom stereocenters. The summed E-state index contributed by atoms with van der Waals surface area (Å²) in [5, 5.41) is 2.61. The minimum absolute atomic E-state index is 0.181. The van der Waals surface area contributed by atoms with E-state index >= 15 is 0 Å². The zero-order chi connectivity index (χ0) is 16.2. The van der Waals surface area contributed by atoms with Gasteiger partial charge in [-0.2, -0.15) is 0 Å². The number of fused-ring (bicyclic) bond motifs is 1. The Hall–Kier alpha value is -1.84. The minimum atomic E-state index is -2.26. The van der Waals surface area contributed by atoms with Gasteiger partial charge in [0.15, 0.2) is 0 Å². The predicted molar refractivity (Wildman–Crippen MR) is 85.3 cm³/mol. The lowest BCUT2D eigenvalue weighted by Crippen LogP contribution is -2.15. The third-order valence-electron chi connectivity index (χ3n) is 4.54. The van der Waals surface area contributed by atoms with E-state index in [9.17, 15) is 13.6 Å². The molecular weight excluding hydrogens is 314 g/mol. The normalized spacial score (nSPS) is 26.6.